The zero-order valence-corrected chi connectivity index (χ0v) is 17.7. The minimum atomic E-state index is -3.38. The molecule has 4 heterocycles. The van der Waals surface area contributed by atoms with Crippen molar-refractivity contribution in [2.45, 2.75) is 63.1 Å². The standard InChI is InChI=1S/C19H28N4O5S/c1-12-18-13-3-5-14(6-4-13)27-9-16-15(22-29(2,25)26)7-8-23(16)17(24)10-28-19(18)21-11-20-12/h11,13-16,22H,3-10H2,1-2H3/t13-,14+,15?,16?. The Labute approximate surface area is 171 Å². The summed E-state index contributed by atoms with van der Waals surface area (Å²) < 4.78 is 38.2. The van der Waals surface area contributed by atoms with Crippen molar-refractivity contribution < 1.29 is 22.7 Å². The molecular weight excluding hydrogens is 396 g/mol. The first kappa shape index (κ1) is 20.5. The number of carbonyl (C=O) groups is 1. The second-order valence-corrected chi connectivity index (χ2v) is 9.99. The van der Waals surface area contributed by atoms with Crippen LogP contribution in [0.3, 0.4) is 0 Å². The number of hydrogen-bond acceptors (Lipinski definition) is 7. The number of rotatable bonds is 2. The van der Waals surface area contributed by atoms with Crippen molar-refractivity contribution in [2.75, 3.05) is 26.0 Å². The number of fused-ring (bicyclic) bond motifs is 5. The van der Waals surface area contributed by atoms with Gasteiger partial charge in [-0.2, -0.15) is 0 Å². The molecular formula is C19H28N4O5S. The number of ether oxygens (including phenoxy) is 2. The Kier molecular flexibility index (Phi) is 5.76. The molecule has 0 aromatic carbocycles. The van der Waals surface area contributed by atoms with E-state index in [-0.39, 0.29) is 30.7 Å². The Balaban J connectivity index is 1.61. The van der Waals surface area contributed by atoms with Crippen LogP contribution in [0.1, 0.15) is 49.3 Å². The van der Waals surface area contributed by atoms with Gasteiger partial charge in [0, 0.05) is 23.8 Å². The Morgan fingerprint density at radius 2 is 1.93 bits per heavy atom. The average molecular weight is 425 g/mol. The maximum absolute atomic E-state index is 12.9. The van der Waals surface area contributed by atoms with E-state index in [0.717, 1.165) is 43.2 Å². The normalized spacial score (nSPS) is 30.6. The largest absolute Gasteiger partial charge is 0.467 e. The van der Waals surface area contributed by atoms with E-state index < -0.39 is 10.0 Å². The number of carbonyl (C=O) groups excluding carboxylic acids is 1. The van der Waals surface area contributed by atoms with Crippen molar-refractivity contribution in [3.8, 4) is 5.88 Å². The molecule has 1 saturated heterocycles. The molecule has 1 saturated carbocycles. The number of sulfonamides is 1. The quantitative estimate of drug-likeness (QED) is 0.745. The molecule has 2 unspecified atom stereocenters. The molecule has 1 N–H and O–H groups in total. The molecule has 1 aromatic heterocycles. The molecule has 0 spiro atoms. The van der Waals surface area contributed by atoms with E-state index >= 15 is 0 Å². The second-order valence-electron chi connectivity index (χ2n) is 8.21. The van der Waals surface area contributed by atoms with Gasteiger partial charge in [-0.3, -0.25) is 4.79 Å². The van der Waals surface area contributed by atoms with Crippen molar-refractivity contribution in [2.24, 2.45) is 0 Å². The fourth-order valence-electron chi connectivity index (χ4n) is 4.79. The highest BCUT2D eigenvalue weighted by molar-refractivity contribution is 7.88. The van der Waals surface area contributed by atoms with E-state index in [1.54, 1.807) is 4.90 Å². The molecule has 160 valence electrons. The van der Waals surface area contributed by atoms with Crippen molar-refractivity contribution >= 4 is 15.9 Å². The molecule has 1 amide bonds. The monoisotopic (exact) mass is 424 g/mol. The lowest BCUT2D eigenvalue weighted by Crippen LogP contribution is -2.50. The van der Waals surface area contributed by atoms with E-state index in [0.29, 0.717) is 31.4 Å². The second kappa shape index (κ2) is 8.16. The molecule has 0 radical (unpaired) electrons. The van der Waals surface area contributed by atoms with Gasteiger partial charge in [0.15, 0.2) is 6.61 Å². The number of nitrogens with one attached hydrogen (secondary N) is 1. The summed E-state index contributed by atoms with van der Waals surface area (Å²) in [6.07, 6.45) is 6.98. The van der Waals surface area contributed by atoms with E-state index in [2.05, 4.69) is 14.7 Å². The lowest BCUT2D eigenvalue weighted by molar-refractivity contribution is -0.136. The minimum Gasteiger partial charge on any atom is -0.467 e. The molecule has 4 aliphatic rings. The van der Waals surface area contributed by atoms with Crippen molar-refractivity contribution in [3.63, 3.8) is 0 Å². The fourth-order valence-corrected chi connectivity index (χ4v) is 5.62. The van der Waals surface area contributed by atoms with Crippen LogP contribution in [-0.2, 0) is 19.6 Å². The van der Waals surface area contributed by atoms with E-state index in [4.69, 9.17) is 9.47 Å². The van der Waals surface area contributed by atoms with Gasteiger partial charge in [0.25, 0.3) is 5.91 Å². The molecule has 9 nitrogen and oxygen atoms in total. The summed E-state index contributed by atoms with van der Waals surface area (Å²) in [6.45, 7) is 2.60. The SMILES string of the molecule is Cc1ncnc2c1[C@H]1CC[C@H](CC1)OCC1C(NS(C)(=O)=O)CCN1C(=O)CO2. The van der Waals surface area contributed by atoms with Crippen LogP contribution in [0.2, 0.25) is 0 Å². The van der Waals surface area contributed by atoms with Gasteiger partial charge in [-0.15, -0.1) is 0 Å². The Hall–Kier alpha value is -1.78. The maximum atomic E-state index is 12.9. The summed E-state index contributed by atoms with van der Waals surface area (Å²) in [5.74, 6) is 0.586. The van der Waals surface area contributed by atoms with Crippen LogP contribution in [0.5, 0.6) is 5.88 Å². The van der Waals surface area contributed by atoms with Gasteiger partial charge in [-0.1, -0.05) is 0 Å². The van der Waals surface area contributed by atoms with Gasteiger partial charge >= 0.3 is 0 Å². The first-order valence-corrected chi connectivity index (χ1v) is 12.0. The summed E-state index contributed by atoms with van der Waals surface area (Å²) in [7, 11) is -3.38. The molecule has 29 heavy (non-hydrogen) atoms. The molecule has 2 fully saturated rings. The first-order chi connectivity index (χ1) is 13.8. The van der Waals surface area contributed by atoms with Crippen LogP contribution < -0.4 is 9.46 Å². The number of hydrogen-bond donors (Lipinski definition) is 1. The molecule has 2 atom stereocenters. The lowest BCUT2D eigenvalue weighted by Gasteiger charge is -2.32. The van der Waals surface area contributed by atoms with Gasteiger partial charge in [0.05, 0.1) is 25.0 Å². The Morgan fingerprint density at radius 3 is 2.66 bits per heavy atom. The van der Waals surface area contributed by atoms with E-state index in [1.807, 2.05) is 6.92 Å². The van der Waals surface area contributed by atoms with Gasteiger partial charge in [-0.05, 0) is 44.9 Å². The topological polar surface area (TPSA) is 111 Å². The Morgan fingerprint density at radius 1 is 1.17 bits per heavy atom. The molecule has 1 aliphatic carbocycles. The van der Waals surface area contributed by atoms with Gasteiger partial charge in [-0.25, -0.2) is 23.1 Å². The van der Waals surface area contributed by atoms with Gasteiger partial charge in [0.2, 0.25) is 15.9 Å². The summed E-state index contributed by atoms with van der Waals surface area (Å²) in [4.78, 5) is 23.2. The van der Waals surface area contributed by atoms with Crippen molar-refractivity contribution in [1.82, 2.24) is 19.6 Å². The summed E-state index contributed by atoms with van der Waals surface area (Å²) in [6, 6.07) is -0.696. The van der Waals surface area contributed by atoms with Crippen molar-refractivity contribution in [3.05, 3.63) is 17.6 Å². The van der Waals surface area contributed by atoms with Gasteiger partial charge in [0.1, 0.15) is 6.33 Å². The smallest absolute Gasteiger partial charge is 0.260 e. The third-order valence-electron chi connectivity index (χ3n) is 6.20. The maximum Gasteiger partial charge on any atom is 0.260 e. The predicted octanol–water partition coefficient (Wildman–Crippen LogP) is 0.739. The van der Waals surface area contributed by atoms with Crippen molar-refractivity contribution in [1.29, 1.82) is 0 Å². The van der Waals surface area contributed by atoms with Gasteiger partial charge < -0.3 is 14.4 Å². The van der Waals surface area contributed by atoms with Crippen LogP contribution in [0, 0.1) is 6.92 Å². The molecule has 3 aliphatic heterocycles. The number of aromatic nitrogens is 2. The Bertz CT molecular complexity index is 869. The number of aryl methyl sites for hydroxylation is 1. The zero-order valence-electron chi connectivity index (χ0n) is 16.8. The van der Waals surface area contributed by atoms with E-state index in [9.17, 15) is 13.2 Å². The lowest BCUT2D eigenvalue weighted by atomic mass is 9.82. The highest BCUT2D eigenvalue weighted by Gasteiger charge is 2.40. The molecule has 10 heteroatoms. The minimum absolute atomic E-state index is 0.109. The predicted molar refractivity (Wildman–Crippen MR) is 105 cm³/mol. The first-order valence-electron chi connectivity index (χ1n) is 10.1. The zero-order chi connectivity index (χ0) is 20.6. The summed E-state index contributed by atoms with van der Waals surface area (Å²) in [5.41, 5.74) is 1.88. The van der Waals surface area contributed by atoms with Crippen LogP contribution in [0.25, 0.3) is 0 Å². The highest BCUT2D eigenvalue weighted by Crippen LogP contribution is 2.39. The van der Waals surface area contributed by atoms with E-state index in [1.165, 1.54) is 6.33 Å². The van der Waals surface area contributed by atoms with Crippen LogP contribution in [0.4, 0.5) is 0 Å². The van der Waals surface area contributed by atoms with Crippen LogP contribution in [-0.4, -0.2) is 73.4 Å². The average Bonchev–Trinajstić information content (AvgIpc) is 3.05. The fraction of sp³-hybridized carbons (Fsp3) is 0.737. The van der Waals surface area contributed by atoms with Crippen LogP contribution in [0.15, 0.2) is 6.33 Å². The molecule has 2 bridgehead atoms. The summed E-state index contributed by atoms with van der Waals surface area (Å²) in [5, 5.41) is 0. The van der Waals surface area contributed by atoms with Crippen LogP contribution >= 0.6 is 0 Å². The third-order valence-corrected chi connectivity index (χ3v) is 6.93. The highest BCUT2D eigenvalue weighted by atomic mass is 32.2. The number of amides is 1. The molecule has 5 rings (SSSR count). The third kappa shape index (κ3) is 4.54. The number of nitrogens with zero attached hydrogens (tertiary/aromatic N) is 3. The molecule has 1 aromatic rings. The summed E-state index contributed by atoms with van der Waals surface area (Å²) >= 11 is 0.